The lowest BCUT2D eigenvalue weighted by atomic mass is 10.2. The Labute approximate surface area is 158 Å². The van der Waals surface area contributed by atoms with Crippen LogP contribution in [0.4, 0.5) is 0 Å². The first-order valence-corrected chi connectivity index (χ1v) is 9.57. The van der Waals surface area contributed by atoms with Crippen molar-refractivity contribution in [2.45, 2.75) is 52.2 Å². The van der Waals surface area contributed by atoms with Gasteiger partial charge in [0, 0.05) is 43.3 Å². The van der Waals surface area contributed by atoms with Gasteiger partial charge in [0.2, 0.25) is 0 Å². The largest absolute Gasteiger partial charge is 0.497 e. The smallest absolute Gasteiger partial charge is 0.191 e. The van der Waals surface area contributed by atoms with Crippen LogP contribution in [0.25, 0.3) is 0 Å². The van der Waals surface area contributed by atoms with Crippen molar-refractivity contribution in [2.24, 2.45) is 4.99 Å². The third-order valence-electron chi connectivity index (χ3n) is 4.59. The Morgan fingerprint density at radius 1 is 1.23 bits per heavy atom. The maximum atomic E-state index is 5.46. The van der Waals surface area contributed by atoms with Crippen molar-refractivity contribution in [3.05, 3.63) is 23.8 Å². The Hall–Kier alpha value is -1.95. The van der Waals surface area contributed by atoms with Crippen LogP contribution in [0.3, 0.4) is 0 Å². The van der Waals surface area contributed by atoms with Gasteiger partial charge < -0.3 is 20.1 Å². The van der Waals surface area contributed by atoms with Crippen molar-refractivity contribution >= 4 is 5.96 Å². The third-order valence-corrected chi connectivity index (χ3v) is 4.59. The van der Waals surface area contributed by atoms with Gasteiger partial charge in [-0.15, -0.1) is 0 Å². The highest BCUT2D eigenvalue weighted by molar-refractivity contribution is 5.79. The monoisotopic (exact) mass is 362 g/mol. The summed E-state index contributed by atoms with van der Waals surface area (Å²) < 4.78 is 10.7. The lowest BCUT2D eigenvalue weighted by Crippen LogP contribution is -2.43. The molecule has 0 heterocycles. The number of benzene rings is 1. The Balaban J connectivity index is 1.93. The summed E-state index contributed by atoms with van der Waals surface area (Å²) in [6, 6.07) is 7.19. The maximum Gasteiger partial charge on any atom is 0.191 e. The van der Waals surface area contributed by atoms with Gasteiger partial charge in [-0.3, -0.25) is 4.90 Å². The summed E-state index contributed by atoms with van der Waals surface area (Å²) in [6.07, 6.45) is 2.67. The Morgan fingerprint density at radius 3 is 2.58 bits per heavy atom. The van der Waals surface area contributed by atoms with E-state index in [0.717, 1.165) is 48.7 Å². The maximum absolute atomic E-state index is 5.46. The molecule has 0 bridgehead atoms. The van der Waals surface area contributed by atoms with E-state index in [-0.39, 0.29) is 0 Å². The zero-order chi connectivity index (χ0) is 18.9. The first-order chi connectivity index (χ1) is 12.6. The first-order valence-electron chi connectivity index (χ1n) is 9.57. The van der Waals surface area contributed by atoms with Crippen LogP contribution in [0, 0.1) is 0 Å². The first kappa shape index (κ1) is 20.4. The molecule has 1 saturated carbocycles. The van der Waals surface area contributed by atoms with Crippen LogP contribution in [0.5, 0.6) is 11.5 Å². The zero-order valence-electron chi connectivity index (χ0n) is 16.8. The topological polar surface area (TPSA) is 58.1 Å². The number of guanidine groups is 1. The molecule has 2 N–H and O–H groups in total. The molecule has 2 rings (SSSR count). The molecule has 1 aliphatic rings. The summed E-state index contributed by atoms with van der Waals surface area (Å²) in [5, 5.41) is 6.77. The molecule has 0 radical (unpaired) electrons. The second kappa shape index (κ2) is 10.3. The van der Waals surface area contributed by atoms with Gasteiger partial charge in [0.15, 0.2) is 5.96 Å². The molecule has 1 aliphatic carbocycles. The second-order valence-corrected chi connectivity index (χ2v) is 6.86. The Kier molecular flexibility index (Phi) is 8.04. The predicted molar refractivity (Wildman–Crippen MR) is 107 cm³/mol. The van der Waals surface area contributed by atoms with Gasteiger partial charge in [-0.2, -0.15) is 0 Å². The third kappa shape index (κ3) is 6.09. The number of methoxy groups -OCH3 is 2. The van der Waals surface area contributed by atoms with Crippen LogP contribution in [0.1, 0.15) is 39.2 Å². The van der Waals surface area contributed by atoms with Crippen LogP contribution in [0.2, 0.25) is 0 Å². The van der Waals surface area contributed by atoms with E-state index in [2.05, 4.69) is 36.3 Å². The number of hydrogen-bond acceptors (Lipinski definition) is 4. The molecule has 0 aromatic heterocycles. The minimum absolute atomic E-state index is 0.555. The minimum atomic E-state index is 0.555. The van der Waals surface area contributed by atoms with Gasteiger partial charge >= 0.3 is 0 Å². The molecule has 0 atom stereocenters. The highest BCUT2D eigenvalue weighted by atomic mass is 16.5. The SMILES string of the molecule is CCNC(=NCc1ccc(OC)cc1OC)NCCN(C(C)C)C1CC1. The fraction of sp³-hybridized carbons (Fsp3) is 0.650. The van der Waals surface area contributed by atoms with E-state index in [1.165, 1.54) is 12.8 Å². The summed E-state index contributed by atoms with van der Waals surface area (Å²) >= 11 is 0. The number of hydrogen-bond donors (Lipinski definition) is 2. The fourth-order valence-corrected chi connectivity index (χ4v) is 3.06. The number of nitrogens with one attached hydrogen (secondary N) is 2. The van der Waals surface area contributed by atoms with Crippen molar-refractivity contribution in [3.63, 3.8) is 0 Å². The average Bonchev–Trinajstić information content (AvgIpc) is 3.47. The van der Waals surface area contributed by atoms with Crippen molar-refractivity contribution in [1.82, 2.24) is 15.5 Å². The molecule has 0 unspecified atom stereocenters. The van der Waals surface area contributed by atoms with Gasteiger partial charge in [-0.25, -0.2) is 4.99 Å². The van der Waals surface area contributed by atoms with E-state index >= 15 is 0 Å². The van der Waals surface area contributed by atoms with E-state index in [0.29, 0.717) is 12.6 Å². The lowest BCUT2D eigenvalue weighted by Gasteiger charge is -2.26. The number of ether oxygens (including phenoxy) is 2. The fourth-order valence-electron chi connectivity index (χ4n) is 3.06. The van der Waals surface area contributed by atoms with E-state index in [1.54, 1.807) is 14.2 Å². The van der Waals surface area contributed by atoms with Crippen LogP contribution >= 0.6 is 0 Å². The zero-order valence-corrected chi connectivity index (χ0v) is 16.8. The molecular weight excluding hydrogens is 328 g/mol. The lowest BCUT2D eigenvalue weighted by molar-refractivity contribution is 0.215. The predicted octanol–water partition coefficient (Wildman–Crippen LogP) is 2.63. The molecule has 0 aliphatic heterocycles. The molecule has 1 aromatic carbocycles. The van der Waals surface area contributed by atoms with E-state index in [1.807, 2.05) is 18.2 Å². The highest BCUT2D eigenvalue weighted by Crippen LogP contribution is 2.28. The normalized spacial score (nSPS) is 14.7. The summed E-state index contributed by atoms with van der Waals surface area (Å²) in [6.45, 7) is 9.94. The summed E-state index contributed by atoms with van der Waals surface area (Å²) in [5.74, 6) is 2.42. The van der Waals surface area contributed by atoms with E-state index < -0.39 is 0 Å². The van der Waals surface area contributed by atoms with Crippen LogP contribution in [0.15, 0.2) is 23.2 Å². The van der Waals surface area contributed by atoms with Crippen LogP contribution in [-0.2, 0) is 6.54 Å². The number of aliphatic imine (C=N–C) groups is 1. The van der Waals surface area contributed by atoms with Crippen molar-refractivity contribution in [2.75, 3.05) is 33.9 Å². The van der Waals surface area contributed by atoms with Crippen molar-refractivity contribution < 1.29 is 9.47 Å². The second-order valence-electron chi connectivity index (χ2n) is 6.86. The molecule has 1 aromatic rings. The molecule has 26 heavy (non-hydrogen) atoms. The van der Waals surface area contributed by atoms with Crippen molar-refractivity contribution in [3.8, 4) is 11.5 Å². The Morgan fingerprint density at radius 2 is 2.00 bits per heavy atom. The minimum Gasteiger partial charge on any atom is -0.497 e. The summed E-state index contributed by atoms with van der Waals surface area (Å²) in [4.78, 5) is 7.28. The molecule has 146 valence electrons. The molecule has 6 nitrogen and oxygen atoms in total. The summed E-state index contributed by atoms with van der Waals surface area (Å²) in [5.41, 5.74) is 1.03. The highest BCUT2D eigenvalue weighted by Gasteiger charge is 2.30. The molecular formula is C20H34N4O2. The molecule has 1 fully saturated rings. The van der Waals surface area contributed by atoms with E-state index in [9.17, 15) is 0 Å². The van der Waals surface area contributed by atoms with Crippen LogP contribution < -0.4 is 20.1 Å². The van der Waals surface area contributed by atoms with E-state index in [4.69, 9.17) is 14.5 Å². The average molecular weight is 363 g/mol. The Bertz CT molecular complexity index is 583. The quantitative estimate of drug-likeness (QED) is 0.495. The summed E-state index contributed by atoms with van der Waals surface area (Å²) in [7, 11) is 3.33. The van der Waals surface area contributed by atoms with Gasteiger partial charge in [0.1, 0.15) is 11.5 Å². The molecule has 0 saturated heterocycles. The van der Waals surface area contributed by atoms with Gasteiger partial charge in [0.05, 0.1) is 20.8 Å². The standard InChI is InChI=1S/C20H34N4O2/c1-6-21-20(22-11-12-24(15(2)3)17-8-9-17)23-14-16-7-10-18(25-4)13-19(16)26-5/h7,10,13,15,17H,6,8-9,11-12,14H2,1-5H3,(H2,21,22,23). The molecule has 6 heteroatoms. The van der Waals surface area contributed by atoms with Crippen molar-refractivity contribution in [1.29, 1.82) is 0 Å². The van der Waals surface area contributed by atoms with Gasteiger partial charge in [-0.05, 0) is 45.7 Å². The number of rotatable bonds is 10. The molecule has 0 amide bonds. The van der Waals surface area contributed by atoms with Gasteiger partial charge in [-0.1, -0.05) is 0 Å². The van der Waals surface area contributed by atoms with Gasteiger partial charge in [0.25, 0.3) is 0 Å². The molecule has 0 spiro atoms. The number of nitrogens with zero attached hydrogens (tertiary/aromatic N) is 2. The van der Waals surface area contributed by atoms with Crippen LogP contribution in [-0.4, -0.2) is 56.8 Å².